The molecule has 132 valence electrons. The highest BCUT2D eigenvalue weighted by Crippen LogP contribution is 2.12. The Hall–Kier alpha value is -1.40. The highest BCUT2D eigenvalue weighted by Gasteiger charge is 2.08. The summed E-state index contributed by atoms with van der Waals surface area (Å²) in [5, 5.41) is 0. The van der Waals surface area contributed by atoms with E-state index >= 15 is 0 Å². The Bertz CT molecular complexity index is 567. The van der Waals surface area contributed by atoms with Crippen LogP contribution >= 0.6 is 0 Å². The summed E-state index contributed by atoms with van der Waals surface area (Å²) in [5.74, 6) is -0.702. The molecule has 0 aliphatic carbocycles. The molecule has 0 aromatic heterocycles. The van der Waals surface area contributed by atoms with Crippen molar-refractivity contribution in [1.82, 2.24) is 4.72 Å². The van der Waals surface area contributed by atoms with Crippen LogP contribution in [0.15, 0.2) is 34.9 Å². The molecule has 0 aliphatic heterocycles. The second kappa shape index (κ2) is 11.2. The molecular formula is C17H29NO4S. The molecule has 1 amide bonds. The van der Waals surface area contributed by atoms with E-state index in [9.17, 15) is 13.2 Å². The highest BCUT2D eigenvalue weighted by molar-refractivity contribution is 7.84. The lowest BCUT2D eigenvalue weighted by atomic mass is 10.1. The normalized spacial score (nSPS) is 12.9. The first-order valence-electron chi connectivity index (χ1n) is 7.83. The van der Waals surface area contributed by atoms with Crippen LogP contribution in [0.4, 0.5) is 0 Å². The molecule has 0 rings (SSSR count). The summed E-state index contributed by atoms with van der Waals surface area (Å²) in [6.07, 6.45) is 10.9. The maximum absolute atomic E-state index is 11.2. The first kappa shape index (κ1) is 21.6. The van der Waals surface area contributed by atoms with Crippen LogP contribution in [0.3, 0.4) is 0 Å². The lowest BCUT2D eigenvalue weighted by molar-refractivity contribution is -0.119. The van der Waals surface area contributed by atoms with Crippen molar-refractivity contribution in [3.05, 3.63) is 34.9 Å². The molecule has 0 bridgehead atoms. The van der Waals surface area contributed by atoms with Gasteiger partial charge in [0.05, 0.1) is 0 Å². The van der Waals surface area contributed by atoms with Crippen molar-refractivity contribution in [2.75, 3.05) is 0 Å². The molecule has 0 aromatic carbocycles. The van der Waals surface area contributed by atoms with Crippen LogP contribution in [-0.4, -0.2) is 18.9 Å². The fourth-order valence-electron chi connectivity index (χ4n) is 1.98. The van der Waals surface area contributed by atoms with E-state index in [2.05, 4.69) is 32.9 Å². The summed E-state index contributed by atoms with van der Waals surface area (Å²) in [5.41, 5.74) is 3.88. The summed E-state index contributed by atoms with van der Waals surface area (Å²) in [6, 6.07) is 0. The second-order valence-electron chi connectivity index (χ2n) is 6.00. The third kappa shape index (κ3) is 15.3. The molecule has 0 heterocycles. The second-order valence-corrected chi connectivity index (χ2v) is 7.15. The topological polar surface area (TPSA) is 83.5 Å². The lowest BCUT2D eigenvalue weighted by Crippen LogP contribution is -2.29. The van der Waals surface area contributed by atoms with E-state index < -0.39 is 16.2 Å². The molecule has 0 saturated heterocycles. The summed E-state index contributed by atoms with van der Waals surface area (Å²) >= 11 is 0. The molecule has 5 nitrogen and oxygen atoms in total. The van der Waals surface area contributed by atoms with Crippen molar-refractivity contribution < 1.29 is 17.8 Å². The fourth-order valence-corrected chi connectivity index (χ4v) is 2.37. The van der Waals surface area contributed by atoms with E-state index in [1.165, 1.54) is 15.9 Å². The fraction of sp³-hybridized carbons (Fsp3) is 0.588. The zero-order valence-electron chi connectivity index (χ0n) is 14.6. The summed E-state index contributed by atoms with van der Waals surface area (Å²) < 4.78 is 30.9. The van der Waals surface area contributed by atoms with Crippen LogP contribution in [0, 0.1) is 0 Å². The SMILES string of the molecule is CC(C)=CCC/C(C)=C/CC/C(C)=C/CCC(=O)NS(=O)(=O)O. The standard InChI is InChI=1S/C17H29NO4S/c1-14(2)8-5-9-15(3)10-6-11-16(4)12-7-13-17(19)18-23(20,21)22/h8,10,12H,5-7,9,11,13H2,1-4H3,(H,18,19)(H,20,21,22)/b15-10+,16-12+. The molecule has 0 saturated carbocycles. The van der Waals surface area contributed by atoms with Gasteiger partial charge in [-0.1, -0.05) is 34.9 Å². The van der Waals surface area contributed by atoms with Crippen LogP contribution in [0.25, 0.3) is 0 Å². The average molecular weight is 343 g/mol. The number of hydrogen-bond acceptors (Lipinski definition) is 3. The molecule has 0 aromatic rings. The number of carbonyl (C=O) groups excluding carboxylic acids is 1. The molecule has 23 heavy (non-hydrogen) atoms. The molecular weight excluding hydrogens is 314 g/mol. The smallest absolute Gasteiger partial charge is 0.274 e. The number of amides is 1. The van der Waals surface area contributed by atoms with Gasteiger partial charge in [0.15, 0.2) is 0 Å². The Morgan fingerprint density at radius 2 is 1.30 bits per heavy atom. The minimum absolute atomic E-state index is 0.0364. The van der Waals surface area contributed by atoms with Gasteiger partial charge >= 0.3 is 10.3 Å². The van der Waals surface area contributed by atoms with E-state index in [0.29, 0.717) is 6.42 Å². The number of hydrogen-bond donors (Lipinski definition) is 2. The van der Waals surface area contributed by atoms with Crippen LogP contribution in [-0.2, 0) is 15.1 Å². The third-order valence-electron chi connectivity index (χ3n) is 3.23. The number of allylic oxidation sites excluding steroid dienone is 6. The van der Waals surface area contributed by atoms with Crippen molar-refractivity contribution >= 4 is 16.2 Å². The van der Waals surface area contributed by atoms with E-state index in [-0.39, 0.29) is 6.42 Å². The van der Waals surface area contributed by atoms with Gasteiger partial charge in [0.1, 0.15) is 0 Å². The van der Waals surface area contributed by atoms with Crippen LogP contribution in [0.5, 0.6) is 0 Å². The Morgan fingerprint density at radius 1 is 0.870 bits per heavy atom. The Morgan fingerprint density at radius 3 is 1.74 bits per heavy atom. The molecule has 0 fully saturated rings. The summed E-state index contributed by atoms with van der Waals surface area (Å²) in [4.78, 5) is 11.2. The van der Waals surface area contributed by atoms with E-state index in [4.69, 9.17) is 4.55 Å². The van der Waals surface area contributed by atoms with Crippen molar-refractivity contribution in [2.24, 2.45) is 0 Å². The lowest BCUT2D eigenvalue weighted by Gasteiger charge is -2.02. The molecule has 2 N–H and O–H groups in total. The Kier molecular flexibility index (Phi) is 10.5. The van der Waals surface area contributed by atoms with Gasteiger partial charge in [0, 0.05) is 6.42 Å². The van der Waals surface area contributed by atoms with Crippen LogP contribution in [0.1, 0.15) is 66.2 Å². The molecule has 0 spiro atoms. The van der Waals surface area contributed by atoms with E-state index in [0.717, 1.165) is 31.3 Å². The van der Waals surface area contributed by atoms with Gasteiger partial charge in [-0.15, -0.1) is 0 Å². The Balaban J connectivity index is 4.03. The van der Waals surface area contributed by atoms with E-state index in [1.54, 1.807) is 0 Å². The van der Waals surface area contributed by atoms with Crippen molar-refractivity contribution in [3.63, 3.8) is 0 Å². The van der Waals surface area contributed by atoms with Gasteiger partial charge in [-0.2, -0.15) is 8.42 Å². The molecule has 0 atom stereocenters. The van der Waals surface area contributed by atoms with Crippen molar-refractivity contribution in [2.45, 2.75) is 66.2 Å². The van der Waals surface area contributed by atoms with Crippen LogP contribution < -0.4 is 4.72 Å². The summed E-state index contributed by atoms with van der Waals surface area (Å²) in [6.45, 7) is 8.33. The van der Waals surface area contributed by atoms with Crippen molar-refractivity contribution in [3.8, 4) is 0 Å². The van der Waals surface area contributed by atoms with Gasteiger partial charge in [-0.25, -0.2) is 4.72 Å². The van der Waals surface area contributed by atoms with Gasteiger partial charge in [-0.3, -0.25) is 9.35 Å². The molecule has 6 heteroatoms. The van der Waals surface area contributed by atoms with Gasteiger partial charge < -0.3 is 0 Å². The largest absolute Gasteiger partial charge is 0.359 e. The average Bonchev–Trinajstić information content (AvgIpc) is 2.35. The molecule has 0 radical (unpaired) electrons. The summed E-state index contributed by atoms with van der Waals surface area (Å²) in [7, 11) is -4.44. The van der Waals surface area contributed by atoms with Gasteiger partial charge in [-0.05, 0) is 59.8 Å². The number of rotatable bonds is 10. The minimum Gasteiger partial charge on any atom is -0.274 e. The van der Waals surface area contributed by atoms with Crippen molar-refractivity contribution in [1.29, 1.82) is 0 Å². The maximum Gasteiger partial charge on any atom is 0.359 e. The first-order valence-corrected chi connectivity index (χ1v) is 9.27. The van der Waals surface area contributed by atoms with Gasteiger partial charge in [0.25, 0.3) is 0 Å². The zero-order chi connectivity index (χ0) is 17.9. The maximum atomic E-state index is 11.2. The predicted molar refractivity (Wildman–Crippen MR) is 94.3 cm³/mol. The highest BCUT2D eigenvalue weighted by atomic mass is 32.2. The monoisotopic (exact) mass is 343 g/mol. The van der Waals surface area contributed by atoms with Gasteiger partial charge in [0.2, 0.25) is 5.91 Å². The quantitative estimate of drug-likeness (QED) is 0.462. The first-order chi connectivity index (χ1) is 10.6. The van der Waals surface area contributed by atoms with E-state index in [1.807, 2.05) is 13.0 Å². The third-order valence-corrected chi connectivity index (χ3v) is 3.72. The molecule has 0 aliphatic rings. The number of carbonyl (C=O) groups is 1. The minimum atomic E-state index is -4.44. The predicted octanol–water partition coefficient (Wildman–Crippen LogP) is 4.10. The Labute approximate surface area is 140 Å². The number of nitrogens with one attached hydrogen (secondary N) is 1. The molecule has 0 unspecified atom stereocenters. The zero-order valence-corrected chi connectivity index (χ0v) is 15.4. The van der Waals surface area contributed by atoms with Crippen LogP contribution in [0.2, 0.25) is 0 Å².